The predicted octanol–water partition coefficient (Wildman–Crippen LogP) is 4.08. The summed E-state index contributed by atoms with van der Waals surface area (Å²) < 4.78 is 5.25. The number of hydrogen-bond acceptors (Lipinski definition) is 3. The number of carbonyl (C=O) groups excluding carboxylic acids is 1. The molecule has 0 saturated carbocycles. The molecular weight excluding hydrogens is 288 g/mol. The number of anilines is 1. The van der Waals surface area contributed by atoms with E-state index in [1.807, 2.05) is 30.3 Å². The van der Waals surface area contributed by atoms with E-state index in [1.54, 1.807) is 23.2 Å². The molecule has 0 aliphatic heterocycles. The molecule has 1 aromatic carbocycles. The zero-order valence-corrected chi connectivity index (χ0v) is 13.0. The maximum Gasteiger partial charge on any atom is 0.295 e. The van der Waals surface area contributed by atoms with Crippen LogP contribution in [0.4, 0.5) is 5.82 Å². The number of furan rings is 1. The minimum Gasteiger partial charge on any atom is -0.459 e. The van der Waals surface area contributed by atoms with E-state index in [1.165, 1.54) is 11.8 Å². The molecule has 3 aromatic rings. The summed E-state index contributed by atoms with van der Waals surface area (Å²) in [5.41, 5.74) is 2.32. The van der Waals surface area contributed by atoms with Crippen LogP contribution in [-0.2, 0) is 13.0 Å². The zero-order valence-electron chi connectivity index (χ0n) is 13.0. The highest BCUT2D eigenvalue weighted by Gasteiger charge is 2.21. The average molecular weight is 306 g/mol. The topological polar surface area (TPSA) is 46.3 Å². The average Bonchev–Trinajstić information content (AvgIpc) is 3.15. The molecule has 1 amide bonds. The molecule has 0 atom stereocenters. The first-order valence-corrected chi connectivity index (χ1v) is 7.62. The molecule has 4 nitrogen and oxygen atoms in total. The summed E-state index contributed by atoms with van der Waals surface area (Å²) in [6.45, 7) is 2.57. The zero-order chi connectivity index (χ0) is 16.1. The molecule has 0 saturated heterocycles. The van der Waals surface area contributed by atoms with Crippen LogP contribution in [0.15, 0.2) is 71.5 Å². The molecule has 0 fully saturated rings. The summed E-state index contributed by atoms with van der Waals surface area (Å²) in [5.74, 6) is 0.711. The molecule has 0 aliphatic rings. The number of aromatic nitrogens is 1. The third-order valence-electron chi connectivity index (χ3n) is 3.67. The Balaban J connectivity index is 1.90. The van der Waals surface area contributed by atoms with Gasteiger partial charge in [0.1, 0.15) is 5.82 Å². The van der Waals surface area contributed by atoms with Gasteiger partial charge in [-0.15, -0.1) is 0 Å². The first kappa shape index (κ1) is 15.0. The molecule has 0 unspecified atom stereocenters. The number of aryl methyl sites for hydroxylation is 1. The van der Waals surface area contributed by atoms with Crippen LogP contribution >= 0.6 is 0 Å². The largest absolute Gasteiger partial charge is 0.459 e. The summed E-state index contributed by atoms with van der Waals surface area (Å²) in [7, 11) is 0. The molecule has 0 radical (unpaired) electrons. The van der Waals surface area contributed by atoms with Gasteiger partial charge in [0.2, 0.25) is 0 Å². The van der Waals surface area contributed by atoms with E-state index < -0.39 is 0 Å². The quantitative estimate of drug-likeness (QED) is 0.713. The van der Waals surface area contributed by atoms with Crippen LogP contribution in [0, 0.1) is 0 Å². The fraction of sp³-hybridized carbons (Fsp3) is 0.158. The highest BCUT2D eigenvalue weighted by Crippen LogP contribution is 2.18. The fourth-order valence-electron chi connectivity index (χ4n) is 2.37. The molecule has 0 aliphatic carbocycles. The Morgan fingerprint density at radius 1 is 1.04 bits per heavy atom. The highest BCUT2D eigenvalue weighted by molar-refractivity contribution is 6.03. The molecule has 0 spiro atoms. The minimum absolute atomic E-state index is 0.201. The molecule has 2 aromatic heterocycles. The van der Waals surface area contributed by atoms with Crippen molar-refractivity contribution >= 4 is 11.7 Å². The van der Waals surface area contributed by atoms with Crippen molar-refractivity contribution in [3.63, 3.8) is 0 Å². The minimum atomic E-state index is -0.201. The Morgan fingerprint density at radius 3 is 2.43 bits per heavy atom. The van der Waals surface area contributed by atoms with Crippen molar-refractivity contribution in [1.82, 2.24) is 4.98 Å². The summed E-state index contributed by atoms with van der Waals surface area (Å²) >= 11 is 0. The highest BCUT2D eigenvalue weighted by atomic mass is 16.3. The van der Waals surface area contributed by atoms with Crippen molar-refractivity contribution in [1.29, 1.82) is 0 Å². The second-order valence-corrected chi connectivity index (χ2v) is 5.23. The van der Waals surface area contributed by atoms with Gasteiger partial charge in [0.05, 0.1) is 12.8 Å². The summed E-state index contributed by atoms with van der Waals surface area (Å²) in [4.78, 5) is 18.7. The molecule has 3 rings (SSSR count). The molecule has 0 bridgehead atoms. The molecule has 0 N–H and O–H groups in total. The second-order valence-electron chi connectivity index (χ2n) is 5.23. The van der Waals surface area contributed by atoms with Crippen molar-refractivity contribution in [3.8, 4) is 0 Å². The predicted molar refractivity (Wildman–Crippen MR) is 89.3 cm³/mol. The Bertz CT molecular complexity index is 750. The van der Waals surface area contributed by atoms with E-state index in [0.29, 0.717) is 18.1 Å². The van der Waals surface area contributed by atoms with Crippen molar-refractivity contribution in [2.75, 3.05) is 4.90 Å². The third-order valence-corrected chi connectivity index (χ3v) is 3.67. The number of pyridine rings is 1. The van der Waals surface area contributed by atoms with Gasteiger partial charge in [-0.25, -0.2) is 4.98 Å². The van der Waals surface area contributed by atoms with Crippen molar-refractivity contribution in [3.05, 3.63) is 83.9 Å². The maximum absolute atomic E-state index is 12.7. The van der Waals surface area contributed by atoms with Crippen molar-refractivity contribution in [2.45, 2.75) is 19.9 Å². The number of hydrogen-bond donors (Lipinski definition) is 0. The number of carbonyl (C=O) groups is 1. The lowest BCUT2D eigenvalue weighted by molar-refractivity contribution is 0.0957. The maximum atomic E-state index is 12.7. The number of rotatable bonds is 5. The van der Waals surface area contributed by atoms with Crippen LogP contribution in [0.25, 0.3) is 0 Å². The Hall–Kier alpha value is -2.88. The van der Waals surface area contributed by atoms with E-state index in [0.717, 1.165) is 12.0 Å². The lowest BCUT2D eigenvalue weighted by Gasteiger charge is -2.21. The lowest BCUT2D eigenvalue weighted by atomic mass is 10.1. The number of benzene rings is 1. The molecule has 2 heterocycles. The molecule has 23 heavy (non-hydrogen) atoms. The summed E-state index contributed by atoms with van der Waals surface area (Å²) in [5, 5.41) is 0. The van der Waals surface area contributed by atoms with Crippen molar-refractivity contribution in [2.24, 2.45) is 0 Å². The van der Waals surface area contributed by atoms with Gasteiger partial charge in [0.25, 0.3) is 5.91 Å². The van der Waals surface area contributed by atoms with E-state index in [2.05, 4.69) is 24.0 Å². The first-order valence-electron chi connectivity index (χ1n) is 7.62. The van der Waals surface area contributed by atoms with Gasteiger partial charge in [-0.1, -0.05) is 37.3 Å². The van der Waals surface area contributed by atoms with Gasteiger partial charge in [0, 0.05) is 6.20 Å². The van der Waals surface area contributed by atoms with Gasteiger partial charge in [0.15, 0.2) is 5.76 Å². The summed E-state index contributed by atoms with van der Waals surface area (Å²) in [6, 6.07) is 17.2. The van der Waals surface area contributed by atoms with E-state index in [-0.39, 0.29) is 5.91 Å². The van der Waals surface area contributed by atoms with Gasteiger partial charge in [-0.3, -0.25) is 9.69 Å². The number of nitrogens with zero attached hydrogens (tertiary/aromatic N) is 2. The van der Waals surface area contributed by atoms with Crippen LogP contribution < -0.4 is 4.90 Å². The Labute approximate surface area is 135 Å². The van der Waals surface area contributed by atoms with Crippen molar-refractivity contribution < 1.29 is 9.21 Å². The first-order chi connectivity index (χ1) is 11.3. The van der Waals surface area contributed by atoms with E-state index in [4.69, 9.17) is 4.42 Å². The molecule has 4 heteroatoms. The summed E-state index contributed by atoms with van der Waals surface area (Å²) in [6.07, 6.45) is 4.17. The van der Waals surface area contributed by atoms with Gasteiger partial charge in [-0.2, -0.15) is 0 Å². The number of amides is 1. The molecular formula is C19H18N2O2. The van der Waals surface area contributed by atoms with E-state index >= 15 is 0 Å². The fourth-order valence-corrected chi connectivity index (χ4v) is 2.37. The van der Waals surface area contributed by atoms with Crippen LogP contribution in [-0.4, -0.2) is 10.9 Å². The van der Waals surface area contributed by atoms with Crippen LogP contribution in [0.1, 0.15) is 28.6 Å². The Kier molecular flexibility index (Phi) is 4.52. The van der Waals surface area contributed by atoms with Crippen LogP contribution in [0.5, 0.6) is 0 Å². The van der Waals surface area contributed by atoms with E-state index in [9.17, 15) is 4.79 Å². The smallest absolute Gasteiger partial charge is 0.295 e. The van der Waals surface area contributed by atoms with Gasteiger partial charge >= 0.3 is 0 Å². The standard InChI is InChI=1S/C19H18N2O2/c1-2-15-8-10-16(11-9-15)14-21(18-7-3-4-12-20-18)19(22)17-6-5-13-23-17/h3-13H,2,14H2,1H3. The normalized spacial score (nSPS) is 10.5. The monoisotopic (exact) mass is 306 g/mol. The molecule has 116 valence electrons. The lowest BCUT2D eigenvalue weighted by Crippen LogP contribution is -2.30. The van der Waals surface area contributed by atoms with Gasteiger partial charge in [-0.05, 0) is 41.8 Å². The van der Waals surface area contributed by atoms with Crippen LogP contribution in [0.2, 0.25) is 0 Å². The van der Waals surface area contributed by atoms with Gasteiger partial charge < -0.3 is 4.42 Å². The van der Waals surface area contributed by atoms with Crippen LogP contribution in [0.3, 0.4) is 0 Å². The Morgan fingerprint density at radius 2 is 1.83 bits per heavy atom. The second kappa shape index (κ2) is 6.92. The third kappa shape index (κ3) is 3.48. The SMILES string of the molecule is CCc1ccc(CN(C(=O)c2ccco2)c2ccccn2)cc1.